The second kappa shape index (κ2) is 6.23. The summed E-state index contributed by atoms with van der Waals surface area (Å²) in [4.78, 5) is 21.3. The van der Waals surface area contributed by atoms with Crippen LogP contribution in [0.4, 0.5) is 0 Å². The molecule has 2 heterocycles. The summed E-state index contributed by atoms with van der Waals surface area (Å²) in [5.41, 5.74) is 1.28. The molecule has 0 N–H and O–H groups in total. The van der Waals surface area contributed by atoms with E-state index in [4.69, 9.17) is 0 Å². The van der Waals surface area contributed by atoms with Gasteiger partial charge in [-0.25, -0.2) is 0 Å². The molecule has 1 saturated heterocycles. The summed E-state index contributed by atoms with van der Waals surface area (Å²) in [6, 6.07) is 4.77. The van der Waals surface area contributed by atoms with Crippen LogP contribution in [0.15, 0.2) is 24.5 Å². The Kier molecular flexibility index (Phi) is 4.10. The number of likely N-dealkylation sites (tertiary alicyclic amines) is 1. The topological polar surface area (TPSA) is 36.4 Å². The van der Waals surface area contributed by atoms with E-state index in [1.54, 1.807) is 0 Å². The van der Waals surface area contributed by atoms with Gasteiger partial charge < -0.3 is 4.90 Å². The van der Waals surface area contributed by atoms with Crippen LogP contribution >= 0.6 is 0 Å². The molecule has 1 aromatic heterocycles. The first-order valence-corrected chi connectivity index (χ1v) is 9.10. The Morgan fingerprint density at radius 3 is 2.91 bits per heavy atom. The number of hydrogen-bond acceptors (Lipinski definition) is 3. The van der Waals surface area contributed by atoms with Gasteiger partial charge >= 0.3 is 0 Å². The quantitative estimate of drug-likeness (QED) is 0.857. The highest BCUT2D eigenvalue weighted by atomic mass is 16.2. The van der Waals surface area contributed by atoms with Crippen LogP contribution in [0.5, 0.6) is 0 Å². The standard InChI is InChI=1S/C19H27N3O/c1-21(11-14-4-3-9-20-10-14)18-6-2-5-16-12-22(13-17(16)18)19(23)15-7-8-15/h3-4,9-10,15-18H,2,5-8,11-13H2,1H3/t16-,17+,18+/m1/s1. The molecule has 4 rings (SSSR count). The third kappa shape index (κ3) is 3.14. The van der Waals surface area contributed by atoms with Gasteiger partial charge in [0.15, 0.2) is 0 Å². The number of aromatic nitrogens is 1. The molecule has 2 saturated carbocycles. The van der Waals surface area contributed by atoms with Gasteiger partial charge in [0.25, 0.3) is 0 Å². The average Bonchev–Trinajstić information content (AvgIpc) is 3.32. The monoisotopic (exact) mass is 313 g/mol. The van der Waals surface area contributed by atoms with Crippen LogP contribution in [0.1, 0.15) is 37.7 Å². The van der Waals surface area contributed by atoms with Crippen molar-refractivity contribution in [2.45, 2.75) is 44.7 Å². The summed E-state index contributed by atoms with van der Waals surface area (Å²) >= 11 is 0. The van der Waals surface area contributed by atoms with E-state index < -0.39 is 0 Å². The lowest BCUT2D eigenvalue weighted by Crippen LogP contribution is -2.43. The summed E-state index contributed by atoms with van der Waals surface area (Å²) in [6.45, 7) is 2.96. The Balaban J connectivity index is 1.43. The van der Waals surface area contributed by atoms with E-state index >= 15 is 0 Å². The summed E-state index contributed by atoms with van der Waals surface area (Å²) in [5.74, 6) is 2.18. The van der Waals surface area contributed by atoms with Crippen molar-refractivity contribution in [2.24, 2.45) is 17.8 Å². The number of carbonyl (C=O) groups is 1. The Morgan fingerprint density at radius 2 is 2.17 bits per heavy atom. The minimum atomic E-state index is 0.363. The van der Waals surface area contributed by atoms with Crippen LogP contribution in [0, 0.1) is 17.8 Å². The Bertz CT molecular complexity index is 557. The fourth-order valence-electron chi connectivity index (χ4n) is 4.65. The fourth-order valence-corrected chi connectivity index (χ4v) is 4.65. The number of rotatable bonds is 4. The van der Waals surface area contributed by atoms with Crippen LogP contribution in [0.2, 0.25) is 0 Å². The molecular weight excluding hydrogens is 286 g/mol. The second-order valence-corrected chi connectivity index (χ2v) is 7.72. The van der Waals surface area contributed by atoms with Gasteiger partial charge in [0, 0.05) is 44.0 Å². The van der Waals surface area contributed by atoms with Gasteiger partial charge in [-0.3, -0.25) is 14.7 Å². The summed E-state index contributed by atoms with van der Waals surface area (Å²) in [5, 5.41) is 0. The van der Waals surface area contributed by atoms with Crippen molar-refractivity contribution >= 4 is 5.91 Å². The van der Waals surface area contributed by atoms with Gasteiger partial charge in [0.05, 0.1) is 0 Å². The molecule has 0 bridgehead atoms. The van der Waals surface area contributed by atoms with Gasteiger partial charge in [0.2, 0.25) is 5.91 Å². The minimum absolute atomic E-state index is 0.363. The Hall–Kier alpha value is -1.42. The van der Waals surface area contributed by atoms with Crippen molar-refractivity contribution in [3.63, 3.8) is 0 Å². The van der Waals surface area contributed by atoms with Crippen LogP contribution in [-0.4, -0.2) is 46.9 Å². The van der Waals surface area contributed by atoms with Crippen molar-refractivity contribution in [3.05, 3.63) is 30.1 Å². The predicted octanol–water partition coefficient (Wildman–Crippen LogP) is 2.55. The van der Waals surface area contributed by atoms with Gasteiger partial charge in [-0.2, -0.15) is 0 Å². The van der Waals surface area contributed by atoms with E-state index in [-0.39, 0.29) is 0 Å². The lowest BCUT2D eigenvalue weighted by molar-refractivity contribution is -0.131. The number of carbonyl (C=O) groups excluding carboxylic acids is 1. The van der Waals surface area contributed by atoms with Crippen LogP contribution < -0.4 is 0 Å². The first kappa shape index (κ1) is 15.1. The molecule has 1 aromatic rings. The molecule has 3 atom stereocenters. The number of amides is 1. The van der Waals surface area contributed by atoms with Gasteiger partial charge in [0.1, 0.15) is 0 Å². The van der Waals surface area contributed by atoms with E-state index in [9.17, 15) is 4.79 Å². The van der Waals surface area contributed by atoms with Crippen molar-refractivity contribution in [2.75, 3.05) is 20.1 Å². The lowest BCUT2D eigenvalue weighted by Gasteiger charge is -2.39. The first-order valence-electron chi connectivity index (χ1n) is 9.10. The molecule has 23 heavy (non-hydrogen) atoms. The first-order chi connectivity index (χ1) is 11.2. The highest BCUT2D eigenvalue weighted by Gasteiger charge is 2.45. The third-order valence-corrected chi connectivity index (χ3v) is 6.02. The van der Waals surface area contributed by atoms with Crippen molar-refractivity contribution in [1.82, 2.24) is 14.8 Å². The number of fused-ring (bicyclic) bond motifs is 1. The third-order valence-electron chi connectivity index (χ3n) is 6.02. The molecule has 1 aliphatic heterocycles. The zero-order valence-corrected chi connectivity index (χ0v) is 14.0. The molecule has 0 radical (unpaired) electrons. The summed E-state index contributed by atoms with van der Waals surface area (Å²) < 4.78 is 0. The van der Waals surface area contributed by atoms with Crippen molar-refractivity contribution in [3.8, 4) is 0 Å². The molecule has 0 spiro atoms. The van der Waals surface area contributed by atoms with Gasteiger partial charge in [-0.15, -0.1) is 0 Å². The van der Waals surface area contributed by atoms with Gasteiger partial charge in [-0.05, 0) is 56.2 Å². The number of nitrogens with zero attached hydrogens (tertiary/aromatic N) is 3. The van der Waals surface area contributed by atoms with E-state index in [1.165, 1.54) is 24.8 Å². The van der Waals surface area contributed by atoms with Gasteiger partial charge in [-0.1, -0.05) is 12.5 Å². The SMILES string of the molecule is CN(Cc1cccnc1)[C@H]1CCC[C@@H]2CN(C(=O)C3CC3)C[C@@H]21. The summed E-state index contributed by atoms with van der Waals surface area (Å²) in [7, 11) is 2.24. The lowest BCUT2D eigenvalue weighted by atomic mass is 9.77. The van der Waals surface area contributed by atoms with Crippen LogP contribution in [0.3, 0.4) is 0 Å². The molecule has 3 aliphatic rings. The fraction of sp³-hybridized carbons (Fsp3) is 0.684. The molecule has 124 valence electrons. The van der Waals surface area contributed by atoms with E-state index in [0.717, 1.165) is 32.5 Å². The smallest absolute Gasteiger partial charge is 0.225 e. The molecule has 4 heteroatoms. The normalized spacial score (nSPS) is 30.5. The zero-order valence-electron chi connectivity index (χ0n) is 14.0. The van der Waals surface area contributed by atoms with Crippen LogP contribution in [-0.2, 0) is 11.3 Å². The van der Waals surface area contributed by atoms with E-state index in [2.05, 4.69) is 27.9 Å². The largest absolute Gasteiger partial charge is 0.342 e. The molecule has 0 aromatic carbocycles. The number of hydrogen-bond donors (Lipinski definition) is 0. The second-order valence-electron chi connectivity index (χ2n) is 7.72. The predicted molar refractivity (Wildman–Crippen MR) is 89.6 cm³/mol. The number of pyridine rings is 1. The maximum Gasteiger partial charge on any atom is 0.225 e. The maximum absolute atomic E-state index is 12.4. The van der Waals surface area contributed by atoms with Crippen molar-refractivity contribution < 1.29 is 4.79 Å². The molecule has 1 amide bonds. The molecule has 2 aliphatic carbocycles. The average molecular weight is 313 g/mol. The highest BCUT2D eigenvalue weighted by molar-refractivity contribution is 5.81. The minimum Gasteiger partial charge on any atom is -0.342 e. The molecule has 0 unspecified atom stereocenters. The molecule has 4 nitrogen and oxygen atoms in total. The Morgan fingerprint density at radius 1 is 1.30 bits per heavy atom. The highest BCUT2D eigenvalue weighted by Crippen LogP contribution is 2.41. The maximum atomic E-state index is 12.4. The van der Waals surface area contributed by atoms with E-state index in [0.29, 0.717) is 29.7 Å². The van der Waals surface area contributed by atoms with Crippen molar-refractivity contribution in [1.29, 1.82) is 0 Å². The molecular formula is C19H27N3O. The zero-order chi connectivity index (χ0) is 15.8. The van der Waals surface area contributed by atoms with Crippen LogP contribution in [0.25, 0.3) is 0 Å². The molecule has 3 fully saturated rings. The van der Waals surface area contributed by atoms with E-state index in [1.807, 2.05) is 18.5 Å². The Labute approximate surface area is 138 Å². The summed E-state index contributed by atoms with van der Waals surface area (Å²) in [6.07, 6.45) is 9.91.